The number of fused-ring (bicyclic) bond motifs is 1. The molecule has 5 nitrogen and oxygen atoms in total. The first-order valence-electron chi connectivity index (χ1n) is 6.65. The van der Waals surface area contributed by atoms with Crippen LogP contribution in [-0.4, -0.2) is 41.6 Å². The number of nitrogens with zero attached hydrogens (tertiary/aromatic N) is 2. The molecule has 2 fully saturated rings. The molecule has 1 aromatic rings. The predicted octanol–water partition coefficient (Wildman–Crippen LogP) is 1.05. The molecule has 3 unspecified atom stereocenters. The lowest BCUT2D eigenvalue weighted by Crippen LogP contribution is -2.39. The molecule has 5 heteroatoms. The van der Waals surface area contributed by atoms with Crippen LogP contribution >= 0.6 is 0 Å². The van der Waals surface area contributed by atoms with Crippen LogP contribution in [0.25, 0.3) is 0 Å². The lowest BCUT2D eigenvalue weighted by atomic mass is 9.93. The van der Waals surface area contributed by atoms with Gasteiger partial charge in [-0.1, -0.05) is 12.1 Å². The minimum atomic E-state index is 0.00579. The van der Waals surface area contributed by atoms with E-state index in [4.69, 9.17) is 4.52 Å². The Balaban J connectivity index is 1.84. The largest absolute Gasteiger partial charge is 0.351 e. The summed E-state index contributed by atoms with van der Waals surface area (Å²) in [5.74, 6) is 1.61. The molecule has 1 amide bonds. The molecule has 18 heavy (non-hydrogen) atoms. The second kappa shape index (κ2) is 4.39. The van der Waals surface area contributed by atoms with E-state index in [1.807, 2.05) is 11.8 Å². The van der Waals surface area contributed by atoms with Gasteiger partial charge in [0.15, 0.2) is 0 Å². The maximum Gasteiger partial charge on any atom is 0.293 e. The number of carbonyl (C=O) groups excluding carboxylic acids is 1. The Hall–Kier alpha value is -1.36. The monoisotopic (exact) mass is 249 g/mol. The van der Waals surface area contributed by atoms with Gasteiger partial charge >= 0.3 is 0 Å². The molecule has 1 aromatic heterocycles. The average molecular weight is 249 g/mol. The van der Waals surface area contributed by atoms with Crippen molar-refractivity contribution in [3.05, 3.63) is 17.5 Å². The van der Waals surface area contributed by atoms with Gasteiger partial charge in [0.05, 0.1) is 6.20 Å². The lowest BCUT2D eigenvalue weighted by Gasteiger charge is -2.26. The molecule has 0 bridgehead atoms. The summed E-state index contributed by atoms with van der Waals surface area (Å²) in [4.78, 5) is 14.5. The molecule has 0 spiro atoms. The summed E-state index contributed by atoms with van der Waals surface area (Å²) in [6, 6.07) is 0.335. The van der Waals surface area contributed by atoms with Crippen molar-refractivity contribution in [3.8, 4) is 0 Å². The van der Waals surface area contributed by atoms with E-state index in [1.54, 1.807) is 6.20 Å². The van der Waals surface area contributed by atoms with Crippen molar-refractivity contribution in [2.45, 2.75) is 26.3 Å². The van der Waals surface area contributed by atoms with Gasteiger partial charge in [-0.3, -0.25) is 4.79 Å². The highest BCUT2D eigenvalue weighted by atomic mass is 16.5. The summed E-state index contributed by atoms with van der Waals surface area (Å²) < 4.78 is 5.10. The fourth-order valence-electron chi connectivity index (χ4n) is 3.41. The van der Waals surface area contributed by atoms with Gasteiger partial charge in [0, 0.05) is 31.2 Å². The molecule has 3 rings (SSSR count). The van der Waals surface area contributed by atoms with Crippen LogP contribution in [0.3, 0.4) is 0 Å². The van der Waals surface area contributed by atoms with E-state index in [9.17, 15) is 4.79 Å². The first-order valence-corrected chi connectivity index (χ1v) is 6.65. The molecule has 98 valence electrons. The highest BCUT2D eigenvalue weighted by Crippen LogP contribution is 2.35. The Morgan fingerprint density at radius 2 is 2.44 bits per heavy atom. The van der Waals surface area contributed by atoms with E-state index in [1.165, 1.54) is 0 Å². The van der Waals surface area contributed by atoms with Gasteiger partial charge < -0.3 is 14.7 Å². The molecule has 0 radical (unpaired) electrons. The smallest absolute Gasteiger partial charge is 0.293 e. The predicted molar refractivity (Wildman–Crippen MR) is 66.2 cm³/mol. The van der Waals surface area contributed by atoms with Gasteiger partial charge in [-0.25, -0.2) is 0 Å². The second-order valence-electron chi connectivity index (χ2n) is 5.35. The molecule has 3 atom stereocenters. The normalized spacial score (nSPS) is 30.8. The first kappa shape index (κ1) is 11.7. The maximum absolute atomic E-state index is 12.5. The Morgan fingerprint density at radius 1 is 1.61 bits per heavy atom. The summed E-state index contributed by atoms with van der Waals surface area (Å²) in [5.41, 5.74) is 0.824. The summed E-state index contributed by atoms with van der Waals surface area (Å²) >= 11 is 0. The number of nitrogens with one attached hydrogen (secondary N) is 1. The molecule has 0 aromatic carbocycles. The first-order chi connectivity index (χ1) is 8.72. The van der Waals surface area contributed by atoms with E-state index in [2.05, 4.69) is 17.4 Å². The zero-order valence-electron chi connectivity index (χ0n) is 10.8. The standard InChI is InChI=1S/C13H19N3O2/c1-3-11-10-6-14-5-9(10)7-16(11)13(17)12-8(2)4-15-18-12/h4,9-11,14H,3,5-7H2,1-2H3. The van der Waals surface area contributed by atoms with Crippen LogP contribution in [-0.2, 0) is 0 Å². The highest BCUT2D eigenvalue weighted by Gasteiger charge is 2.45. The third-order valence-corrected chi connectivity index (χ3v) is 4.34. The Kier molecular flexibility index (Phi) is 2.86. The maximum atomic E-state index is 12.5. The summed E-state index contributed by atoms with van der Waals surface area (Å²) in [6.07, 6.45) is 2.61. The van der Waals surface area contributed by atoms with Crippen LogP contribution < -0.4 is 5.32 Å². The highest BCUT2D eigenvalue weighted by molar-refractivity contribution is 5.93. The number of hydrogen-bond donors (Lipinski definition) is 1. The zero-order valence-corrected chi connectivity index (χ0v) is 10.8. The number of amides is 1. The Morgan fingerprint density at radius 3 is 3.11 bits per heavy atom. The molecule has 0 aliphatic carbocycles. The molecule has 2 aliphatic heterocycles. The number of likely N-dealkylation sites (tertiary alicyclic amines) is 1. The van der Waals surface area contributed by atoms with Gasteiger partial charge in [-0.2, -0.15) is 0 Å². The van der Waals surface area contributed by atoms with Crippen LogP contribution in [0.5, 0.6) is 0 Å². The molecule has 2 saturated heterocycles. The number of carbonyl (C=O) groups is 1. The second-order valence-corrected chi connectivity index (χ2v) is 5.35. The van der Waals surface area contributed by atoms with Crippen LogP contribution in [0.15, 0.2) is 10.7 Å². The fourth-order valence-corrected chi connectivity index (χ4v) is 3.41. The molecular weight excluding hydrogens is 230 g/mol. The van der Waals surface area contributed by atoms with Crippen molar-refractivity contribution in [1.82, 2.24) is 15.4 Å². The van der Waals surface area contributed by atoms with Crippen molar-refractivity contribution in [3.63, 3.8) is 0 Å². The molecule has 1 N–H and O–H groups in total. The van der Waals surface area contributed by atoms with Crippen molar-refractivity contribution < 1.29 is 9.32 Å². The molecule has 0 saturated carbocycles. The van der Waals surface area contributed by atoms with Crippen molar-refractivity contribution >= 4 is 5.91 Å². The molecule has 2 aliphatic rings. The SMILES string of the molecule is CCC1C2CNCC2CN1C(=O)c1oncc1C. The van der Waals surface area contributed by atoms with Gasteiger partial charge in [-0.05, 0) is 25.2 Å². The quantitative estimate of drug-likeness (QED) is 0.851. The minimum absolute atomic E-state index is 0.00579. The van der Waals surface area contributed by atoms with Crippen molar-refractivity contribution in [2.24, 2.45) is 11.8 Å². The molecule has 3 heterocycles. The third-order valence-electron chi connectivity index (χ3n) is 4.34. The van der Waals surface area contributed by atoms with E-state index < -0.39 is 0 Å². The summed E-state index contributed by atoms with van der Waals surface area (Å²) in [7, 11) is 0. The van der Waals surface area contributed by atoms with Crippen LogP contribution in [0.4, 0.5) is 0 Å². The minimum Gasteiger partial charge on any atom is -0.351 e. The molecular formula is C13H19N3O2. The van der Waals surface area contributed by atoms with Gasteiger partial charge in [0.2, 0.25) is 5.76 Å². The van der Waals surface area contributed by atoms with Crippen molar-refractivity contribution in [2.75, 3.05) is 19.6 Å². The van der Waals surface area contributed by atoms with Crippen LogP contribution in [0.2, 0.25) is 0 Å². The Bertz CT molecular complexity index is 457. The number of aryl methyl sites for hydroxylation is 1. The van der Waals surface area contributed by atoms with Gasteiger partial charge in [-0.15, -0.1) is 0 Å². The van der Waals surface area contributed by atoms with Crippen LogP contribution in [0.1, 0.15) is 29.5 Å². The van der Waals surface area contributed by atoms with E-state index in [-0.39, 0.29) is 5.91 Å². The Labute approximate surface area is 107 Å². The average Bonchev–Trinajstić information content (AvgIpc) is 3.01. The van der Waals surface area contributed by atoms with Crippen LogP contribution in [0, 0.1) is 18.8 Å². The van der Waals surface area contributed by atoms with E-state index >= 15 is 0 Å². The summed E-state index contributed by atoms with van der Waals surface area (Å²) in [5, 5.41) is 7.12. The number of aromatic nitrogens is 1. The fraction of sp³-hybridized carbons (Fsp3) is 0.692. The third kappa shape index (κ3) is 1.65. The summed E-state index contributed by atoms with van der Waals surface area (Å²) in [6.45, 7) is 6.92. The van der Waals surface area contributed by atoms with E-state index in [0.29, 0.717) is 23.6 Å². The zero-order chi connectivity index (χ0) is 12.7. The number of hydrogen-bond acceptors (Lipinski definition) is 4. The van der Waals surface area contributed by atoms with E-state index in [0.717, 1.165) is 31.6 Å². The van der Waals surface area contributed by atoms with Gasteiger partial charge in [0.1, 0.15) is 0 Å². The number of rotatable bonds is 2. The van der Waals surface area contributed by atoms with Gasteiger partial charge in [0.25, 0.3) is 5.91 Å². The lowest BCUT2D eigenvalue weighted by molar-refractivity contribution is 0.0668. The van der Waals surface area contributed by atoms with Crippen molar-refractivity contribution in [1.29, 1.82) is 0 Å². The topological polar surface area (TPSA) is 58.4 Å².